The Morgan fingerprint density at radius 2 is 2.04 bits per heavy atom. The van der Waals surface area contributed by atoms with Gasteiger partial charge in [-0.25, -0.2) is 4.98 Å². The fourth-order valence-electron chi connectivity index (χ4n) is 3.13. The second kappa shape index (κ2) is 7.98. The lowest BCUT2D eigenvalue weighted by atomic mass is 10.1. The largest absolute Gasteiger partial charge is 0.312 e. The Kier molecular flexibility index (Phi) is 5.25. The van der Waals surface area contributed by atoms with E-state index < -0.39 is 0 Å². The molecule has 1 N–H and O–H groups in total. The minimum Gasteiger partial charge on any atom is -0.312 e. The minimum absolute atomic E-state index is 0.0137. The van der Waals surface area contributed by atoms with Gasteiger partial charge in [0.1, 0.15) is 0 Å². The van der Waals surface area contributed by atoms with E-state index in [9.17, 15) is 9.59 Å². The van der Waals surface area contributed by atoms with Gasteiger partial charge in [-0.15, -0.1) is 5.10 Å². The van der Waals surface area contributed by atoms with E-state index in [0.717, 1.165) is 17.7 Å². The summed E-state index contributed by atoms with van der Waals surface area (Å²) in [5.74, 6) is 1.02. The van der Waals surface area contributed by atoms with Crippen LogP contribution in [0, 0.1) is 6.92 Å². The SMILES string of the molecule is Cc1ccc(-c2nc(SCC(=O)c3cccc(N4CCCC4=O)c3)n[nH]2)cc1. The van der Waals surface area contributed by atoms with E-state index in [1.54, 1.807) is 17.0 Å². The van der Waals surface area contributed by atoms with E-state index in [1.807, 2.05) is 43.3 Å². The average Bonchev–Trinajstić information content (AvgIpc) is 3.36. The number of aromatic nitrogens is 3. The van der Waals surface area contributed by atoms with Gasteiger partial charge in [-0.2, -0.15) is 0 Å². The van der Waals surface area contributed by atoms with E-state index in [1.165, 1.54) is 17.3 Å². The summed E-state index contributed by atoms with van der Waals surface area (Å²) in [4.78, 5) is 30.7. The fourth-order valence-corrected chi connectivity index (χ4v) is 3.83. The molecule has 1 fully saturated rings. The molecular weight excluding hydrogens is 372 g/mol. The number of hydrogen-bond acceptors (Lipinski definition) is 5. The molecule has 3 aromatic rings. The molecule has 2 aromatic carbocycles. The molecule has 0 saturated carbocycles. The van der Waals surface area contributed by atoms with Crippen molar-refractivity contribution in [3.8, 4) is 11.4 Å². The molecule has 1 amide bonds. The summed E-state index contributed by atoms with van der Waals surface area (Å²) in [5, 5.41) is 7.65. The molecule has 1 saturated heterocycles. The number of anilines is 1. The average molecular weight is 392 g/mol. The number of nitrogens with one attached hydrogen (secondary N) is 1. The van der Waals surface area contributed by atoms with Gasteiger partial charge in [0.25, 0.3) is 0 Å². The van der Waals surface area contributed by atoms with Gasteiger partial charge in [-0.3, -0.25) is 14.7 Å². The van der Waals surface area contributed by atoms with Gasteiger partial charge in [0.2, 0.25) is 11.1 Å². The van der Waals surface area contributed by atoms with Gasteiger partial charge in [0.05, 0.1) is 5.75 Å². The van der Waals surface area contributed by atoms with E-state index in [-0.39, 0.29) is 17.4 Å². The third-order valence-corrected chi connectivity index (χ3v) is 5.52. The zero-order valence-electron chi connectivity index (χ0n) is 15.5. The number of Topliss-reactive ketones (excluding diaryl/α,β-unsaturated/α-hetero) is 1. The summed E-state index contributed by atoms with van der Waals surface area (Å²) in [6.45, 7) is 2.75. The van der Waals surface area contributed by atoms with Gasteiger partial charge < -0.3 is 4.90 Å². The van der Waals surface area contributed by atoms with Gasteiger partial charge in [0.15, 0.2) is 11.6 Å². The number of amides is 1. The van der Waals surface area contributed by atoms with Gasteiger partial charge in [0, 0.05) is 29.8 Å². The van der Waals surface area contributed by atoms with Crippen molar-refractivity contribution in [2.24, 2.45) is 0 Å². The maximum absolute atomic E-state index is 12.6. The Bertz CT molecular complexity index is 1010. The summed E-state index contributed by atoms with van der Waals surface area (Å²) in [7, 11) is 0. The highest BCUT2D eigenvalue weighted by Crippen LogP contribution is 2.24. The summed E-state index contributed by atoms with van der Waals surface area (Å²) < 4.78 is 0. The molecule has 0 atom stereocenters. The second-order valence-corrected chi connectivity index (χ2v) is 7.69. The van der Waals surface area contributed by atoms with Gasteiger partial charge in [-0.1, -0.05) is 53.7 Å². The lowest BCUT2D eigenvalue weighted by molar-refractivity contribution is -0.117. The molecular formula is C21H20N4O2S. The summed E-state index contributed by atoms with van der Waals surface area (Å²) in [5.41, 5.74) is 3.53. The first-order valence-electron chi connectivity index (χ1n) is 9.16. The molecule has 1 aliphatic rings. The van der Waals surface area contributed by atoms with Crippen molar-refractivity contribution >= 4 is 29.1 Å². The summed E-state index contributed by atoms with van der Waals surface area (Å²) >= 11 is 1.30. The van der Waals surface area contributed by atoms with Crippen LogP contribution < -0.4 is 4.90 Å². The van der Waals surface area contributed by atoms with Crippen LogP contribution in [0.4, 0.5) is 5.69 Å². The van der Waals surface area contributed by atoms with E-state index in [0.29, 0.717) is 29.5 Å². The zero-order valence-corrected chi connectivity index (χ0v) is 16.3. The zero-order chi connectivity index (χ0) is 19.5. The van der Waals surface area contributed by atoms with Crippen molar-refractivity contribution in [3.63, 3.8) is 0 Å². The third-order valence-electron chi connectivity index (χ3n) is 4.68. The highest BCUT2D eigenvalue weighted by atomic mass is 32.2. The van der Waals surface area contributed by atoms with Crippen molar-refractivity contribution in [1.82, 2.24) is 15.2 Å². The van der Waals surface area contributed by atoms with Crippen LogP contribution in [-0.4, -0.2) is 39.2 Å². The van der Waals surface area contributed by atoms with E-state index >= 15 is 0 Å². The quantitative estimate of drug-likeness (QED) is 0.509. The fraction of sp³-hybridized carbons (Fsp3) is 0.238. The lowest BCUT2D eigenvalue weighted by Crippen LogP contribution is -2.23. The number of carbonyl (C=O) groups excluding carboxylic acids is 2. The molecule has 0 spiro atoms. The molecule has 7 heteroatoms. The van der Waals surface area contributed by atoms with E-state index in [4.69, 9.17) is 0 Å². The van der Waals surface area contributed by atoms with Crippen molar-refractivity contribution in [3.05, 3.63) is 59.7 Å². The Labute approximate surface area is 167 Å². The van der Waals surface area contributed by atoms with Crippen LogP contribution in [0.2, 0.25) is 0 Å². The maximum atomic E-state index is 12.6. The topological polar surface area (TPSA) is 79.0 Å². The monoisotopic (exact) mass is 392 g/mol. The van der Waals surface area contributed by atoms with E-state index in [2.05, 4.69) is 15.2 Å². The van der Waals surface area contributed by atoms with Crippen LogP contribution in [0.3, 0.4) is 0 Å². The van der Waals surface area contributed by atoms with Crippen LogP contribution in [0.25, 0.3) is 11.4 Å². The van der Waals surface area contributed by atoms with Crippen LogP contribution >= 0.6 is 11.8 Å². The van der Waals surface area contributed by atoms with Crippen LogP contribution in [0.15, 0.2) is 53.7 Å². The number of aryl methyl sites for hydroxylation is 1. The summed E-state index contributed by atoms with van der Waals surface area (Å²) in [6, 6.07) is 15.3. The number of H-pyrrole nitrogens is 1. The molecule has 2 heterocycles. The van der Waals surface area contributed by atoms with Crippen LogP contribution in [0.1, 0.15) is 28.8 Å². The van der Waals surface area contributed by atoms with Crippen molar-refractivity contribution in [2.45, 2.75) is 24.9 Å². The Morgan fingerprint density at radius 3 is 2.79 bits per heavy atom. The molecule has 1 aliphatic heterocycles. The minimum atomic E-state index is -0.0137. The standard InChI is InChI=1S/C21H20N4O2S/c1-14-7-9-15(10-8-14)20-22-21(24-23-20)28-13-18(26)16-4-2-5-17(12-16)25-11-3-6-19(25)27/h2,4-5,7-10,12H,3,6,11,13H2,1H3,(H,22,23,24). The van der Waals surface area contributed by atoms with Gasteiger partial charge in [-0.05, 0) is 25.5 Å². The number of rotatable bonds is 6. The lowest BCUT2D eigenvalue weighted by Gasteiger charge is -2.16. The highest BCUT2D eigenvalue weighted by molar-refractivity contribution is 7.99. The molecule has 142 valence electrons. The first-order valence-corrected chi connectivity index (χ1v) is 10.1. The summed E-state index contributed by atoms with van der Waals surface area (Å²) in [6.07, 6.45) is 1.43. The first-order chi connectivity index (χ1) is 13.6. The number of hydrogen-bond donors (Lipinski definition) is 1. The Morgan fingerprint density at radius 1 is 1.21 bits per heavy atom. The number of benzene rings is 2. The molecule has 6 nitrogen and oxygen atoms in total. The van der Waals surface area contributed by atoms with Crippen LogP contribution in [0.5, 0.6) is 0 Å². The van der Waals surface area contributed by atoms with Gasteiger partial charge >= 0.3 is 0 Å². The predicted molar refractivity (Wildman–Crippen MR) is 110 cm³/mol. The Hall–Kier alpha value is -2.93. The number of ketones is 1. The third kappa shape index (κ3) is 3.99. The molecule has 1 aromatic heterocycles. The normalized spacial score (nSPS) is 13.9. The molecule has 28 heavy (non-hydrogen) atoms. The second-order valence-electron chi connectivity index (χ2n) is 6.74. The van der Waals surface area contributed by atoms with Crippen molar-refractivity contribution in [2.75, 3.05) is 17.2 Å². The Balaban J connectivity index is 1.41. The molecule has 0 bridgehead atoms. The number of nitrogens with zero attached hydrogens (tertiary/aromatic N) is 3. The van der Waals surface area contributed by atoms with Crippen LogP contribution in [-0.2, 0) is 4.79 Å². The predicted octanol–water partition coefficient (Wildman–Crippen LogP) is 3.88. The van der Waals surface area contributed by atoms with Crippen molar-refractivity contribution in [1.29, 1.82) is 0 Å². The molecule has 0 unspecified atom stereocenters. The number of thioether (sulfide) groups is 1. The maximum Gasteiger partial charge on any atom is 0.227 e. The smallest absolute Gasteiger partial charge is 0.227 e. The number of aromatic amines is 1. The molecule has 4 rings (SSSR count). The molecule has 0 aliphatic carbocycles. The highest BCUT2D eigenvalue weighted by Gasteiger charge is 2.22. The van der Waals surface area contributed by atoms with Crippen molar-refractivity contribution < 1.29 is 9.59 Å². The number of carbonyl (C=O) groups is 2. The molecule has 0 radical (unpaired) electrons. The first kappa shape index (κ1) is 18.4.